The van der Waals surface area contributed by atoms with E-state index >= 15 is 0 Å². The molecule has 1 aromatic carbocycles. The van der Waals surface area contributed by atoms with Crippen LogP contribution in [0.5, 0.6) is 0 Å². The molecule has 1 aliphatic rings. The van der Waals surface area contributed by atoms with Crippen molar-refractivity contribution in [3.05, 3.63) is 35.4 Å². The number of nitrogens with zero attached hydrogens (tertiary/aromatic N) is 1. The number of aryl methyl sites for hydroxylation is 1. The second kappa shape index (κ2) is 6.89. The summed E-state index contributed by atoms with van der Waals surface area (Å²) in [4.78, 5) is 25.1. The summed E-state index contributed by atoms with van der Waals surface area (Å²) in [5, 5.41) is 13.0. The van der Waals surface area contributed by atoms with Gasteiger partial charge in [0.25, 0.3) is 5.91 Å². The van der Waals surface area contributed by atoms with E-state index in [0.29, 0.717) is 25.9 Å². The molecule has 2 amide bonds. The maximum atomic E-state index is 12.0. The summed E-state index contributed by atoms with van der Waals surface area (Å²) in [5.74, 6) is -0.852. The van der Waals surface area contributed by atoms with Gasteiger partial charge in [0.2, 0.25) is 5.91 Å². The minimum atomic E-state index is -1.52. The smallest absolute Gasteiger partial charge is 0.250 e. The number of primary amides is 1. The van der Waals surface area contributed by atoms with Crippen molar-refractivity contribution in [2.24, 2.45) is 5.73 Å². The lowest BCUT2D eigenvalue weighted by Gasteiger charge is -2.36. The fourth-order valence-corrected chi connectivity index (χ4v) is 2.72. The Kier molecular flexibility index (Phi) is 5.15. The molecule has 1 fully saturated rings. The molecule has 1 heterocycles. The molecule has 1 atom stereocenters. The van der Waals surface area contributed by atoms with Crippen molar-refractivity contribution in [2.45, 2.75) is 31.9 Å². The van der Waals surface area contributed by atoms with E-state index in [2.05, 4.69) is 5.32 Å². The van der Waals surface area contributed by atoms with E-state index in [0.717, 1.165) is 11.1 Å². The van der Waals surface area contributed by atoms with Gasteiger partial charge in [-0.05, 0) is 37.4 Å². The zero-order valence-corrected chi connectivity index (χ0v) is 12.8. The Balaban J connectivity index is 1.84. The maximum absolute atomic E-state index is 12.0. The molecule has 1 aliphatic heterocycles. The van der Waals surface area contributed by atoms with Crippen molar-refractivity contribution in [3.63, 3.8) is 0 Å². The molecule has 1 unspecified atom stereocenters. The average molecular weight is 305 g/mol. The SMILES string of the molecule is Cc1ccccc1CNC(=O)CN1CCCC(O)(C(N)=O)C1. The Morgan fingerprint density at radius 1 is 1.41 bits per heavy atom. The molecule has 120 valence electrons. The quantitative estimate of drug-likeness (QED) is 0.709. The molecule has 0 aromatic heterocycles. The predicted octanol–water partition coefficient (Wildman–Crippen LogP) is -0.0766. The minimum Gasteiger partial charge on any atom is -0.379 e. The van der Waals surface area contributed by atoms with E-state index in [-0.39, 0.29) is 19.0 Å². The molecular formula is C16H23N3O3. The van der Waals surface area contributed by atoms with Gasteiger partial charge in [-0.2, -0.15) is 0 Å². The summed E-state index contributed by atoms with van der Waals surface area (Å²) >= 11 is 0. The highest BCUT2D eigenvalue weighted by molar-refractivity contribution is 5.84. The van der Waals surface area contributed by atoms with Gasteiger partial charge in [0.15, 0.2) is 5.60 Å². The highest BCUT2D eigenvalue weighted by Gasteiger charge is 2.38. The van der Waals surface area contributed by atoms with Gasteiger partial charge < -0.3 is 16.2 Å². The Labute approximate surface area is 130 Å². The molecule has 6 heteroatoms. The van der Waals surface area contributed by atoms with Crippen LogP contribution in [0.1, 0.15) is 24.0 Å². The lowest BCUT2D eigenvalue weighted by molar-refractivity contribution is -0.143. The fourth-order valence-electron chi connectivity index (χ4n) is 2.72. The van der Waals surface area contributed by atoms with Crippen LogP contribution in [-0.4, -0.2) is 47.1 Å². The number of nitrogens with one attached hydrogen (secondary N) is 1. The van der Waals surface area contributed by atoms with Crippen molar-refractivity contribution in [3.8, 4) is 0 Å². The van der Waals surface area contributed by atoms with Crippen LogP contribution in [0.15, 0.2) is 24.3 Å². The van der Waals surface area contributed by atoms with Gasteiger partial charge in [-0.25, -0.2) is 0 Å². The lowest BCUT2D eigenvalue weighted by Crippen LogP contribution is -2.57. The highest BCUT2D eigenvalue weighted by atomic mass is 16.3. The molecule has 0 radical (unpaired) electrons. The molecular weight excluding hydrogens is 282 g/mol. The number of amides is 2. The van der Waals surface area contributed by atoms with Crippen LogP contribution in [0.2, 0.25) is 0 Å². The molecule has 1 saturated heterocycles. The number of carbonyl (C=O) groups excluding carboxylic acids is 2. The first-order valence-corrected chi connectivity index (χ1v) is 7.46. The Bertz CT molecular complexity index is 561. The number of carbonyl (C=O) groups is 2. The first kappa shape index (κ1) is 16.5. The summed E-state index contributed by atoms with van der Waals surface area (Å²) in [5.41, 5.74) is 5.91. The number of β-amino-alcohol motifs (C(OH)–C–C–N with tert-alkyl or cyclic N) is 1. The van der Waals surface area contributed by atoms with Crippen LogP contribution in [0, 0.1) is 6.92 Å². The average Bonchev–Trinajstić information content (AvgIpc) is 2.46. The van der Waals surface area contributed by atoms with E-state index in [1.54, 1.807) is 4.90 Å². The molecule has 0 bridgehead atoms. The topological polar surface area (TPSA) is 95.7 Å². The van der Waals surface area contributed by atoms with Gasteiger partial charge in [0.1, 0.15) is 0 Å². The largest absolute Gasteiger partial charge is 0.379 e. The monoisotopic (exact) mass is 305 g/mol. The number of hydrogen-bond donors (Lipinski definition) is 3. The van der Waals surface area contributed by atoms with E-state index in [9.17, 15) is 14.7 Å². The standard InChI is InChI=1S/C16H23N3O3/c1-12-5-2-3-6-13(12)9-18-14(20)10-19-8-4-7-16(22,11-19)15(17)21/h2-3,5-6,22H,4,7-11H2,1H3,(H2,17,21)(H,18,20). The lowest BCUT2D eigenvalue weighted by atomic mass is 9.92. The molecule has 2 rings (SSSR count). The van der Waals surface area contributed by atoms with E-state index in [4.69, 9.17) is 5.73 Å². The number of benzene rings is 1. The van der Waals surface area contributed by atoms with Gasteiger partial charge in [0.05, 0.1) is 6.54 Å². The summed E-state index contributed by atoms with van der Waals surface area (Å²) in [6.45, 7) is 3.41. The third-order valence-electron chi connectivity index (χ3n) is 4.11. The third-order valence-corrected chi connectivity index (χ3v) is 4.11. The highest BCUT2D eigenvalue weighted by Crippen LogP contribution is 2.20. The van der Waals surface area contributed by atoms with Crippen LogP contribution in [0.25, 0.3) is 0 Å². The van der Waals surface area contributed by atoms with E-state index in [1.165, 1.54) is 0 Å². The van der Waals surface area contributed by atoms with Gasteiger partial charge in [-0.3, -0.25) is 14.5 Å². The van der Waals surface area contributed by atoms with Crippen molar-refractivity contribution >= 4 is 11.8 Å². The summed E-state index contributed by atoms with van der Waals surface area (Å²) in [7, 11) is 0. The summed E-state index contributed by atoms with van der Waals surface area (Å²) in [6, 6.07) is 7.87. The van der Waals surface area contributed by atoms with Crippen molar-refractivity contribution < 1.29 is 14.7 Å². The summed E-state index contributed by atoms with van der Waals surface area (Å²) in [6.07, 6.45) is 0.994. The van der Waals surface area contributed by atoms with Gasteiger partial charge in [0, 0.05) is 13.1 Å². The van der Waals surface area contributed by atoms with Crippen molar-refractivity contribution in [2.75, 3.05) is 19.6 Å². The number of aliphatic hydroxyl groups is 1. The number of nitrogens with two attached hydrogens (primary N) is 1. The first-order chi connectivity index (χ1) is 10.4. The van der Waals surface area contributed by atoms with Crippen LogP contribution < -0.4 is 11.1 Å². The van der Waals surface area contributed by atoms with Crippen molar-refractivity contribution in [1.82, 2.24) is 10.2 Å². The van der Waals surface area contributed by atoms with Gasteiger partial charge in [-0.15, -0.1) is 0 Å². The van der Waals surface area contributed by atoms with Crippen LogP contribution in [0.4, 0.5) is 0 Å². The molecule has 0 spiro atoms. The van der Waals surface area contributed by atoms with Gasteiger partial charge in [-0.1, -0.05) is 24.3 Å². The van der Waals surface area contributed by atoms with Crippen molar-refractivity contribution in [1.29, 1.82) is 0 Å². The maximum Gasteiger partial charge on any atom is 0.250 e. The Hall–Kier alpha value is -1.92. The summed E-state index contributed by atoms with van der Waals surface area (Å²) < 4.78 is 0. The van der Waals surface area contributed by atoms with E-state index in [1.807, 2.05) is 31.2 Å². The second-order valence-electron chi connectivity index (χ2n) is 5.91. The molecule has 22 heavy (non-hydrogen) atoms. The molecule has 4 N–H and O–H groups in total. The Morgan fingerprint density at radius 3 is 2.82 bits per heavy atom. The molecule has 0 saturated carbocycles. The molecule has 0 aliphatic carbocycles. The fraction of sp³-hybridized carbons (Fsp3) is 0.500. The predicted molar refractivity (Wildman–Crippen MR) is 82.8 cm³/mol. The normalized spacial score (nSPS) is 22.3. The number of likely N-dealkylation sites (tertiary alicyclic amines) is 1. The number of rotatable bonds is 5. The van der Waals surface area contributed by atoms with Gasteiger partial charge >= 0.3 is 0 Å². The third kappa shape index (κ3) is 4.05. The minimum absolute atomic E-state index is 0.111. The van der Waals surface area contributed by atoms with Crippen LogP contribution in [0.3, 0.4) is 0 Å². The zero-order valence-electron chi connectivity index (χ0n) is 12.8. The molecule has 1 aromatic rings. The van der Waals surface area contributed by atoms with Crippen LogP contribution >= 0.6 is 0 Å². The number of hydrogen-bond acceptors (Lipinski definition) is 4. The first-order valence-electron chi connectivity index (χ1n) is 7.46. The number of piperidine rings is 1. The molecule has 6 nitrogen and oxygen atoms in total. The zero-order chi connectivity index (χ0) is 16.2. The Morgan fingerprint density at radius 2 is 2.14 bits per heavy atom. The van der Waals surface area contributed by atoms with Crippen LogP contribution in [-0.2, 0) is 16.1 Å². The second-order valence-corrected chi connectivity index (χ2v) is 5.91. The van der Waals surface area contributed by atoms with E-state index < -0.39 is 11.5 Å².